The molecule has 1 aromatic carbocycles. The van der Waals surface area contributed by atoms with Crippen LogP contribution in [0.15, 0.2) is 18.2 Å². The van der Waals surface area contributed by atoms with E-state index in [0.29, 0.717) is 11.7 Å². The van der Waals surface area contributed by atoms with Gasteiger partial charge in [-0.3, -0.25) is 0 Å². The zero-order valence-electron chi connectivity index (χ0n) is 14.9. The third-order valence-corrected chi connectivity index (χ3v) is 1.81. The Morgan fingerprint density at radius 1 is 1.17 bits per heavy atom. The minimum Gasteiger partial charge on any atom is -1.00 e. The molecule has 1 rings (SSSR count). The monoisotopic (exact) mass is 332 g/mol. The summed E-state index contributed by atoms with van der Waals surface area (Å²) < 4.78 is 8.88. The van der Waals surface area contributed by atoms with Gasteiger partial charge in [0.15, 0.2) is 0 Å². The summed E-state index contributed by atoms with van der Waals surface area (Å²) in [4.78, 5) is 21.6. The maximum absolute atomic E-state index is 9.46. The van der Waals surface area contributed by atoms with Gasteiger partial charge in [-0.05, 0) is 30.0 Å². The first-order chi connectivity index (χ1) is 7.11. The number of phenols is 1. The maximum atomic E-state index is 9.46. The van der Waals surface area contributed by atoms with Gasteiger partial charge < -0.3 is 25.5 Å². The van der Waals surface area contributed by atoms with Crippen molar-refractivity contribution in [3.8, 4) is 5.75 Å². The number of aryl methyl sites for hydroxylation is 1. The topological polar surface area (TPSA) is 98.0 Å². The molecule has 8 heteroatoms. The van der Waals surface area contributed by atoms with Gasteiger partial charge in [0.05, 0.1) is 0 Å². The summed E-state index contributed by atoms with van der Waals surface area (Å²) in [6.45, 7) is 6.12. The quantitative estimate of drug-likeness (QED) is 0.462. The molecule has 0 unspecified atom stereocenters. The Morgan fingerprint density at radius 2 is 1.56 bits per heavy atom. The van der Waals surface area contributed by atoms with Gasteiger partial charge in [-0.2, -0.15) is 0 Å². The fraction of sp³-hybridized carbons (Fsp3) is 0.400. The van der Waals surface area contributed by atoms with Crippen LogP contribution in [0, 0.1) is 6.92 Å². The van der Waals surface area contributed by atoms with Crippen LogP contribution >= 0.6 is 7.82 Å². The van der Waals surface area contributed by atoms with E-state index in [1.54, 1.807) is 6.07 Å². The van der Waals surface area contributed by atoms with E-state index in [1.165, 1.54) is 0 Å². The zero-order chi connectivity index (χ0) is 12.9. The molecule has 0 bridgehead atoms. The van der Waals surface area contributed by atoms with E-state index in [9.17, 15) is 5.11 Å². The number of aromatic hydroxyl groups is 1. The average Bonchev–Trinajstić information content (AvgIpc) is 1.99. The molecule has 0 radical (unpaired) electrons. The molecule has 0 saturated heterocycles. The molecular weight excluding hydrogens is 311 g/mol. The van der Waals surface area contributed by atoms with Gasteiger partial charge in [0.25, 0.3) is 0 Å². The molecule has 0 aliphatic heterocycles. The van der Waals surface area contributed by atoms with Crippen molar-refractivity contribution in [2.24, 2.45) is 0 Å². The molecule has 5 nitrogen and oxygen atoms in total. The van der Waals surface area contributed by atoms with E-state index >= 15 is 0 Å². The van der Waals surface area contributed by atoms with E-state index < -0.39 is 7.82 Å². The first-order valence-electron chi connectivity index (χ1n) is 4.69. The first kappa shape index (κ1) is 24.7. The number of phosphoric acid groups is 1. The minimum atomic E-state index is -4.64. The van der Waals surface area contributed by atoms with Crippen LogP contribution in [0.2, 0.25) is 0 Å². The average molecular weight is 332 g/mol. The van der Waals surface area contributed by atoms with Crippen LogP contribution in [0.1, 0.15) is 36.6 Å². The third kappa shape index (κ3) is 14.1. The molecular formula is C10H21Ca2O5P. The van der Waals surface area contributed by atoms with Gasteiger partial charge in [0, 0.05) is 0 Å². The molecule has 0 aliphatic rings. The SMILES string of the molecule is Cc1ccc(C(C)C)c(O)c1.O=P(O)(O)O.[Ca+2].[Ca+2].[H-].[H-].[H-].[H-]. The second-order valence-electron chi connectivity index (χ2n) is 3.73. The van der Waals surface area contributed by atoms with Crippen LogP contribution in [0.3, 0.4) is 0 Å². The van der Waals surface area contributed by atoms with Gasteiger partial charge in [-0.25, -0.2) is 4.57 Å². The molecule has 4 N–H and O–H groups in total. The van der Waals surface area contributed by atoms with E-state index in [-0.39, 0.29) is 81.2 Å². The van der Waals surface area contributed by atoms with Crippen molar-refractivity contribution in [1.29, 1.82) is 0 Å². The smallest absolute Gasteiger partial charge is 1.00 e. The van der Waals surface area contributed by atoms with Gasteiger partial charge in [0.1, 0.15) is 5.75 Å². The van der Waals surface area contributed by atoms with E-state index in [1.807, 2.05) is 19.1 Å². The van der Waals surface area contributed by atoms with Gasteiger partial charge in [-0.15, -0.1) is 0 Å². The van der Waals surface area contributed by atoms with Crippen molar-refractivity contribution in [2.75, 3.05) is 0 Å². The molecule has 0 heterocycles. The Morgan fingerprint density at radius 3 is 1.83 bits per heavy atom. The Balaban J connectivity index is -0.0000000371. The molecule has 0 saturated carbocycles. The Hall–Kier alpha value is 1.65. The van der Waals surface area contributed by atoms with E-state index in [0.717, 1.165) is 11.1 Å². The van der Waals surface area contributed by atoms with Gasteiger partial charge in [0.2, 0.25) is 0 Å². The minimum absolute atomic E-state index is 0. The summed E-state index contributed by atoms with van der Waals surface area (Å²) in [5, 5.41) is 9.46. The number of rotatable bonds is 1. The number of hydrogen-bond donors (Lipinski definition) is 4. The molecule has 0 spiro atoms. The van der Waals surface area contributed by atoms with Crippen LogP contribution in [0.4, 0.5) is 0 Å². The van der Waals surface area contributed by atoms with Crippen LogP contribution in [0.5, 0.6) is 5.75 Å². The van der Waals surface area contributed by atoms with Crippen molar-refractivity contribution in [2.45, 2.75) is 26.7 Å². The second kappa shape index (κ2) is 11.3. The van der Waals surface area contributed by atoms with E-state index in [4.69, 9.17) is 19.2 Å². The largest absolute Gasteiger partial charge is 2.00 e. The molecule has 0 amide bonds. The summed E-state index contributed by atoms with van der Waals surface area (Å²) >= 11 is 0. The third-order valence-electron chi connectivity index (χ3n) is 1.81. The van der Waals surface area contributed by atoms with Crippen molar-refractivity contribution >= 4 is 83.3 Å². The zero-order valence-corrected chi connectivity index (χ0v) is 16.2. The fourth-order valence-corrected chi connectivity index (χ4v) is 1.14. The van der Waals surface area contributed by atoms with Crippen molar-refractivity contribution in [1.82, 2.24) is 0 Å². The standard InChI is InChI=1S/C10H14O.2Ca.H3O4P.4H/c1-7(2)9-5-4-8(3)6-10(9)11;;;1-5(2,3)4;;;;/h4-7,11H,1-3H3;;;(H3,1,2,3,4);;;;/q;2*+2;;4*-1. The maximum Gasteiger partial charge on any atom is 2.00 e. The van der Waals surface area contributed by atoms with Crippen molar-refractivity contribution in [3.63, 3.8) is 0 Å². The normalized spacial score (nSPS) is 9.72. The van der Waals surface area contributed by atoms with Crippen LogP contribution in [-0.4, -0.2) is 95.3 Å². The molecule has 0 fully saturated rings. The number of phenolic OH excluding ortho intramolecular Hbond substituents is 1. The first-order valence-corrected chi connectivity index (χ1v) is 6.25. The number of hydrogen-bond acceptors (Lipinski definition) is 2. The summed E-state index contributed by atoms with van der Waals surface area (Å²) in [5.41, 5.74) is 2.13. The Kier molecular flexibility index (Phi) is 15.5. The molecule has 0 atom stereocenters. The van der Waals surface area contributed by atoms with Crippen molar-refractivity contribution < 1.29 is 30.1 Å². The number of benzene rings is 1. The Labute approximate surface area is 173 Å². The van der Waals surface area contributed by atoms with Crippen molar-refractivity contribution in [3.05, 3.63) is 29.3 Å². The van der Waals surface area contributed by atoms with Gasteiger partial charge in [-0.1, -0.05) is 26.0 Å². The Bertz CT molecular complexity index is 399. The van der Waals surface area contributed by atoms with Crippen LogP contribution in [-0.2, 0) is 4.57 Å². The fourth-order valence-electron chi connectivity index (χ4n) is 1.14. The van der Waals surface area contributed by atoms with Gasteiger partial charge >= 0.3 is 83.3 Å². The van der Waals surface area contributed by atoms with Crippen LogP contribution < -0.4 is 0 Å². The predicted octanol–water partition coefficient (Wildman–Crippen LogP) is 1.58. The molecule has 0 aromatic heterocycles. The summed E-state index contributed by atoms with van der Waals surface area (Å²) in [5.74, 6) is 0.815. The molecule has 1 aromatic rings. The molecule has 18 heavy (non-hydrogen) atoms. The predicted molar refractivity (Wildman–Crippen MR) is 77.2 cm³/mol. The summed E-state index contributed by atoms with van der Waals surface area (Å²) in [6.07, 6.45) is 0. The van der Waals surface area contributed by atoms with E-state index in [2.05, 4.69) is 13.8 Å². The molecule has 0 aliphatic carbocycles. The summed E-state index contributed by atoms with van der Waals surface area (Å²) in [6, 6.07) is 5.81. The van der Waals surface area contributed by atoms with Crippen LogP contribution in [0.25, 0.3) is 0 Å². The summed E-state index contributed by atoms with van der Waals surface area (Å²) in [7, 11) is -4.64. The molecule has 100 valence electrons. The second-order valence-corrected chi connectivity index (χ2v) is 4.76.